The molecule has 0 saturated carbocycles. The van der Waals surface area contributed by atoms with Crippen molar-refractivity contribution in [2.24, 2.45) is 0 Å². The second-order valence-electron chi connectivity index (χ2n) is 21.4. The predicted molar refractivity (Wildman–Crippen MR) is 326 cm³/mol. The zero-order valence-corrected chi connectivity index (χ0v) is 51.4. The maximum atomic E-state index is 13.2. The lowest BCUT2D eigenvalue weighted by Gasteiger charge is -2.28. The van der Waals surface area contributed by atoms with Crippen LogP contribution < -0.4 is 15.5 Å². The van der Waals surface area contributed by atoms with Crippen LogP contribution in [0.1, 0.15) is 118 Å². The summed E-state index contributed by atoms with van der Waals surface area (Å²) in [4.78, 5) is 30.0. The van der Waals surface area contributed by atoms with Gasteiger partial charge < -0.3 is 28.8 Å². The van der Waals surface area contributed by atoms with E-state index in [4.69, 9.17) is 13.3 Å². The van der Waals surface area contributed by atoms with Gasteiger partial charge in [-0.2, -0.15) is 21.4 Å². The third-order valence-corrected chi connectivity index (χ3v) is 21.7. The number of nitrogens with one attached hydrogen (secondary N) is 2. The van der Waals surface area contributed by atoms with Crippen LogP contribution in [-0.4, -0.2) is 96.3 Å². The van der Waals surface area contributed by atoms with Gasteiger partial charge in [0.2, 0.25) is 17.5 Å². The molecule has 3 aliphatic rings. The zero-order chi connectivity index (χ0) is 58.5. The largest absolute Gasteiger partial charge is 0.500 e. The van der Waals surface area contributed by atoms with Crippen LogP contribution >= 0.6 is 11.8 Å². The van der Waals surface area contributed by atoms with Crippen molar-refractivity contribution in [1.82, 2.24) is 5.32 Å². The molecular formula is C62H77N4O11S3Si+. The normalized spacial score (nSPS) is 17.3. The monoisotopic (exact) mass is 1180 g/mol. The average Bonchev–Trinajstić information content (AvgIpc) is 3.85. The highest BCUT2D eigenvalue weighted by Gasteiger charge is 2.46. The standard InChI is InChI=1S/C62H76N4O11S3Si/c1-10-65-50-36-34-46-48(22-16-24-52(46)79(69,70)71)58(50)61(6,7)54(65)38-28-42-20-15-21-43(29-39-55-62(8,9)59-49-23-17-25-53(80(72,73)74)47(49)35-37-51(59)66(55)11-2)60(42)78-45-32-30-44(31-33-45)64-57(68)27-18-26-56(67)63-40-19-41-81(75-12-3,76-13-4)77-14-5/h16-17,22-25,28-39H,10-15,18-21,26-27,40-41H2,1-9H3,(H3-,63,64,67,68,69,70,71,72,73,74)/p+1. The van der Waals surface area contributed by atoms with Crippen molar-refractivity contribution < 1.29 is 53.4 Å². The first-order valence-corrected chi connectivity index (χ1v) is 33.7. The van der Waals surface area contributed by atoms with E-state index in [1.807, 2.05) is 69.3 Å². The lowest BCUT2D eigenvalue weighted by Crippen LogP contribution is -2.46. The average molecular weight is 1180 g/mol. The molecule has 2 amide bonds. The number of carbonyl (C=O) groups is 2. The number of nitrogens with zero attached hydrogens (tertiary/aromatic N) is 2. The van der Waals surface area contributed by atoms with Gasteiger partial charge in [-0.1, -0.05) is 68.1 Å². The molecule has 81 heavy (non-hydrogen) atoms. The van der Waals surface area contributed by atoms with Gasteiger partial charge >= 0.3 is 8.80 Å². The molecule has 0 saturated heterocycles. The number of hydrogen-bond donors (Lipinski definition) is 4. The van der Waals surface area contributed by atoms with Gasteiger partial charge in [0.25, 0.3) is 20.2 Å². The molecular weight excluding hydrogens is 1100 g/mol. The number of thioether (sulfide) groups is 1. The summed E-state index contributed by atoms with van der Waals surface area (Å²) >= 11 is 1.66. The molecule has 0 spiro atoms. The topological polar surface area (TPSA) is 201 Å². The fraction of sp³-hybridized carbons (Fsp3) is 0.403. The molecule has 2 heterocycles. The van der Waals surface area contributed by atoms with Gasteiger partial charge in [0.1, 0.15) is 16.3 Å². The Hall–Kier alpha value is -5.74. The van der Waals surface area contributed by atoms with E-state index in [2.05, 4.69) is 86.0 Å². The van der Waals surface area contributed by atoms with Crippen LogP contribution in [0.15, 0.2) is 146 Å². The molecule has 8 rings (SSSR count). The Bertz CT molecular complexity index is 3610. The SMILES string of the molecule is CCO[Si](CCCNC(=O)CCCC(=O)Nc1ccc(SC2=C(/C=C/C3=[N+](CC)c4ccc5c(S(=O)(=O)O)cccc5c4C3(C)C)CCC/C2=C\C=C2\N(CC)c3ccc4c(S(=O)(=O)O)cccc4c3C2(C)C)cc1)(OCC)OCC. The van der Waals surface area contributed by atoms with E-state index < -0.39 is 39.9 Å². The molecule has 4 N–H and O–H groups in total. The van der Waals surface area contributed by atoms with Gasteiger partial charge in [-0.05, 0) is 163 Å². The van der Waals surface area contributed by atoms with E-state index >= 15 is 0 Å². The molecule has 0 atom stereocenters. The summed E-state index contributed by atoms with van der Waals surface area (Å²) in [5, 5.41) is 8.44. The molecule has 15 nitrogen and oxygen atoms in total. The van der Waals surface area contributed by atoms with Crippen LogP contribution in [0, 0.1) is 0 Å². The molecule has 0 aromatic heterocycles. The van der Waals surface area contributed by atoms with Crippen molar-refractivity contribution in [3.8, 4) is 0 Å². The van der Waals surface area contributed by atoms with Gasteiger partial charge in [-0.25, -0.2) is 0 Å². The van der Waals surface area contributed by atoms with Crippen LogP contribution in [0.2, 0.25) is 6.04 Å². The van der Waals surface area contributed by atoms with Gasteiger partial charge in [-0.3, -0.25) is 18.7 Å². The van der Waals surface area contributed by atoms with Gasteiger partial charge in [-0.15, -0.1) is 0 Å². The number of anilines is 2. The van der Waals surface area contributed by atoms with Crippen LogP contribution in [0.25, 0.3) is 21.5 Å². The molecule has 5 aromatic rings. The second-order valence-corrected chi connectivity index (χ2v) is 28.0. The molecule has 19 heteroatoms. The maximum absolute atomic E-state index is 13.2. The lowest BCUT2D eigenvalue weighted by molar-refractivity contribution is -0.433. The summed E-state index contributed by atoms with van der Waals surface area (Å²) in [6.45, 7) is 21.8. The van der Waals surface area contributed by atoms with E-state index in [9.17, 15) is 35.5 Å². The minimum absolute atomic E-state index is 0.120. The summed E-state index contributed by atoms with van der Waals surface area (Å²) in [7, 11) is -11.7. The number of amides is 2. The molecule has 0 radical (unpaired) electrons. The Morgan fingerprint density at radius 2 is 1.31 bits per heavy atom. The Morgan fingerprint density at radius 1 is 0.704 bits per heavy atom. The number of benzene rings is 5. The van der Waals surface area contributed by atoms with Crippen LogP contribution in [0.3, 0.4) is 0 Å². The highest BCUT2D eigenvalue weighted by atomic mass is 32.2. The highest BCUT2D eigenvalue weighted by molar-refractivity contribution is 8.03. The number of rotatable bonds is 24. The first-order chi connectivity index (χ1) is 38.5. The van der Waals surface area contributed by atoms with Crippen LogP contribution in [0.5, 0.6) is 0 Å². The quantitative estimate of drug-likeness (QED) is 0.0197. The Balaban J connectivity index is 1.07. The Morgan fingerprint density at radius 3 is 1.90 bits per heavy atom. The zero-order valence-electron chi connectivity index (χ0n) is 48.0. The van der Waals surface area contributed by atoms with Crippen molar-refractivity contribution in [3.05, 3.63) is 142 Å². The third-order valence-electron chi connectivity index (χ3n) is 15.5. The number of likely N-dealkylation sites (N-methyl/N-ethyl adjacent to an activating group) is 1. The smallest absolute Gasteiger partial charge is 0.374 e. The maximum Gasteiger partial charge on any atom is 0.500 e. The van der Waals surface area contributed by atoms with E-state index in [1.54, 1.807) is 36.0 Å². The Kier molecular flexibility index (Phi) is 19.2. The fourth-order valence-corrected chi connectivity index (χ4v) is 17.1. The number of allylic oxidation sites excluding steroid dienone is 7. The second kappa shape index (κ2) is 25.4. The molecule has 2 aliphatic heterocycles. The van der Waals surface area contributed by atoms with E-state index in [0.717, 1.165) is 84.9 Å². The molecule has 0 unspecified atom stereocenters. The molecule has 0 fully saturated rings. The van der Waals surface area contributed by atoms with E-state index in [0.29, 0.717) is 74.8 Å². The molecule has 432 valence electrons. The first kappa shape index (κ1) is 61.3. The number of fused-ring (bicyclic) bond motifs is 6. The number of hydrogen-bond acceptors (Lipinski definition) is 11. The molecule has 0 bridgehead atoms. The van der Waals surface area contributed by atoms with Crippen molar-refractivity contribution in [1.29, 1.82) is 0 Å². The third kappa shape index (κ3) is 13.1. The summed E-state index contributed by atoms with van der Waals surface area (Å²) < 4.78 is 90.6. The van der Waals surface area contributed by atoms with Gasteiger partial charge in [0.15, 0.2) is 5.71 Å². The number of carbonyl (C=O) groups excluding carboxylic acids is 2. The fourth-order valence-electron chi connectivity index (χ4n) is 12.0. The molecule has 1 aliphatic carbocycles. The minimum Gasteiger partial charge on any atom is -0.374 e. The minimum atomic E-state index is -4.47. The van der Waals surface area contributed by atoms with Crippen molar-refractivity contribution in [3.63, 3.8) is 0 Å². The van der Waals surface area contributed by atoms with E-state index in [-0.39, 0.29) is 34.4 Å². The van der Waals surface area contributed by atoms with Crippen molar-refractivity contribution >= 4 is 96.9 Å². The first-order valence-electron chi connectivity index (χ1n) is 28.1. The predicted octanol–water partition coefficient (Wildman–Crippen LogP) is 13.0. The summed E-state index contributed by atoms with van der Waals surface area (Å²) in [6, 6.07) is 25.9. The van der Waals surface area contributed by atoms with Crippen LogP contribution in [-0.2, 0) is 53.9 Å². The lowest BCUT2D eigenvalue weighted by atomic mass is 9.78. The van der Waals surface area contributed by atoms with Gasteiger partial charge in [0, 0.05) is 113 Å². The van der Waals surface area contributed by atoms with Crippen LogP contribution in [0.4, 0.5) is 17.1 Å². The molecule has 5 aromatic carbocycles. The van der Waals surface area contributed by atoms with Crippen molar-refractivity contribution in [2.45, 2.75) is 139 Å². The summed E-state index contributed by atoms with van der Waals surface area (Å²) in [5.74, 6) is -0.303. The summed E-state index contributed by atoms with van der Waals surface area (Å²) in [5.41, 5.74) is 7.88. The highest BCUT2D eigenvalue weighted by Crippen LogP contribution is 2.52. The Labute approximate surface area is 483 Å². The van der Waals surface area contributed by atoms with Crippen molar-refractivity contribution in [2.75, 3.05) is 49.7 Å². The van der Waals surface area contributed by atoms with E-state index in [1.165, 1.54) is 12.1 Å². The van der Waals surface area contributed by atoms with Gasteiger partial charge in [0.05, 0.1) is 5.41 Å². The summed E-state index contributed by atoms with van der Waals surface area (Å²) in [6.07, 6.45) is 12.8.